The van der Waals surface area contributed by atoms with E-state index in [0.29, 0.717) is 12.8 Å². The second-order valence-electron chi connectivity index (χ2n) is 12.9. The lowest BCUT2D eigenvalue weighted by atomic mass is 10.1. The molecular weight excluding hydrogens is 651 g/mol. The van der Waals surface area contributed by atoms with Crippen LogP contribution in [-0.4, -0.2) is 41.0 Å². The fourth-order valence-electron chi connectivity index (χ4n) is 5.12. The fraction of sp³-hybridized carbons (Fsp3) is 0.707. The van der Waals surface area contributed by atoms with E-state index in [4.69, 9.17) is 19.3 Å². The maximum Gasteiger partial charge on any atom is 0.469 e. The predicted molar refractivity (Wildman–Crippen MR) is 207 cm³/mol. The Bertz CT molecular complexity index is 995. The summed E-state index contributed by atoms with van der Waals surface area (Å²) in [4.78, 5) is 42.8. The average Bonchev–Trinajstić information content (AvgIpc) is 3.08. The van der Waals surface area contributed by atoms with E-state index in [1.807, 2.05) is 0 Å². The van der Waals surface area contributed by atoms with Gasteiger partial charge in [-0.05, 0) is 77.0 Å². The molecule has 2 N–H and O–H groups in total. The van der Waals surface area contributed by atoms with Crippen LogP contribution in [0.3, 0.4) is 0 Å². The third-order valence-electron chi connectivity index (χ3n) is 8.02. The molecule has 0 fully saturated rings. The molecule has 0 heterocycles. The first-order valence-electron chi connectivity index (χ1n) is 19.6. The van der Waals surface area contributed by atoms with Gasteiger partial charge in [0.2, 0.25) is 0 Å². The molecule has 0 aliphatic rings. The lowest BCUT2D eigenvalue weighted by molar-refractivity contribution is -0.161. The quantitative estimate of drug-likeness (QED) is 0.0287. The minimum Gasteiger partial charge on any atom is -0.462 e. The molecule has 0 rings (SSSR count). The topological polar surface area (TPSA) is 119 Å². The smallest absolute Gasteiger partial charge is 0.462 e. The molecule has 0 spiro atoms. The number of phosphoric ester groups is 1. The standard InChI is InChI=1S/C41H71O8P/c1-3-5-7-9-11-13-15-17-19-20-22-23-25-27-29-31-33-35-40(42)47-37-39(38-48-50(44,45)46)49-41(43)36-34-32-30-28-26-24-21-18-16-14-12-10-8-6-4-2/h6,8,11-14,17-19,21,39H,3-5,7,9-10,15-16,20,22-38H2,1-2H3,(H2,44,45,46)/b8-6+,13-11+,14-12+,19-17+,21-18+/t39-/m1/s1. The summed E-state index contributed by atoms with van der Waals surface area (Å²) in [6.07, 6.45) is 45.1. The van der Waals surface area contributed by atoms with Crippen LogP contribution in [0.25, 0.3) is 0 Å². The van der Waals surface area contributed by atoms with Crippen molar-refractivity contribution >= 4 is 19.8 Å². The van der Waals surface area contributed by atoms with Gasteiger partial charge in [0.25, 0.3) is 0 Å². The van der Waals surface area contributed by atoms with Crippen LogP contribution in [-0.2, 0) is 28.2 Å². The van der Waals surface area contributed by atoms with E-state index >= 15 is 0 Å². The summed E-state index contributed by atoms with van der Waals surface area (Å²) in [7, 11) is -4.76. The van der Waals surface area contributed by atoms with E-state index < -0.39 is 32.5 Å². The van der Waals surface area contributed by atoms with Crippen LogP contribution >= 0.6 is 7.82 Å². The number of hydrogen-bond acceptors (Lipinski definition) is 6. The van der Waals surface area contributed by atoms with Crippen LogP contribution in [0.4, 0.5) is 0 Å². The molecule has 0 radical (unpaired) electrons. The minimum absolute atomic E-state index is 0.188. The highest BCUT2D eigenvalue weighted by atomic mass is 31.2. The number of carbonyl (C=O) groups is 2. The molecule has 0 aromatic heterocycles. The number of hydrogen-bond donors (Lipinski definition) is 2. The van der Waals surface area contributed by atoms with Gasteiger partial charge < -0.3 is 19.3 Å². The first-order valence-corrected chi connectivity index (χ1v) is 21.1. The Labute approximate surface area is 305 Å². The zero-order chi connectivity index (χ0) is 36.8. The summed E-state index contributed by atoms with van der Waals surface area (Å²) < 4.78 is 26.3. The summed E-state index contributed by atoms with van der Waals surface area (Å²) in [5.41, 5.74) is 0. The Morgan fingerprint density at radius 3 is 1.44 bits per heavy atom. The van der Waals surface area contributed by atoms with Crippen molar-refractivity contribution in [3.05, 3.63) is 60.8 Å². The number of unbranched alkanes of at least 4 members (excludes halogenated alkanes) is 15. The van der Waals surface area contributed by atoms with Crippen LogP contribution in [0.1, 0.15) is 168 Å². The average molecular weight is 723 g/mol. The highest BCUT2D eigenvalue weighted by molar-refractivity contribution is 7.46. The van der Waals surface area contributed by atoms with Crippen molar-refractivity contribution in [2.45, 2.75) is 174 Å². The maximum atomic E-state index is 12.4. The Morgan fingerprint density at radius 2 is 0.960 bits per heavy atom. The highest BCUT2D eigenvalue weighted by Crippen LogP contribution is 2.36. The molecule has 1 atom stereocenters. The third kappa shape index (κ3) is 38.6. The van der Waals surface area contributed by atoms with Gasteiger partial charge in [0.05, 0.1) is 6.61 Å². The van der Waals surface area contributed by atoms with E-state index in [2.05, 4.69) is 79.1 Å². The van der Waals surface area contributed by atoms with E-state index in [9.17, 15) is 14.2 Å². The van der Waals surface area contributed by atoms with Gasteiger partial charge in [-0.15, -0.1) is 0 Å². The van der Waals surface area contributed by atoms with Gasteiger partial charge in [0, 0.05) is 12.8 Å². The van der Waals surface area contributed by atoms with E-state index in [-0.39, 0.29) is 19.4 Å². The van der Waals surface area contributed by atoms with Gasteiger partial charge in [-0.25, -0.2) is 4.57 Å². The molecule has 0 aliphatic heterocycles. The largest absolute Gasteiger partial charge is 0.469 e. The molecule has 9 heteroatoms. The first kappa shape index (κ1) is 47.8. The molecule has 50 heavy (non-hydrogen) atoms. The summed E-state index contributed by atoms with van der Waals surface area (Å²) >= 11 is 0. The molecule has 0 saturated carbocycles. The molecule has 8 nitrogen and oxygen atoms in total. The minimum atomic E-state index is -4.76. The van der Waals surface area contributed by atoms with Crippen LogP contribution in [0.15, 0.2) is 60.8 Å². The number of allylic oxidation sites excluding steroid dienone is 10. The van der Waals surface area contributed by atoms with E-state index in [1.165, 1.54) is 44.9 Å². The second kappa shape index (κ2) is 36.5. The molecule has 288 valence electrons. The monoisotopic (exact) mass is 722 g/mol. The molecule has 0 aromatic carbocycles. The number of phosphoric acid groups is 1. The SMILES string of the molecule is CC/C=C/C/C=C/C/C=C/CCCCCCCC(=O)O[C@H](COC(=O)CCCCCCCCC/C=C/C/C=C/CCCCC)COP(=O)(O)O. The highest BCUT2D eigenvalue weighted by Gasteiger charge is 2.22. The van der Waals surface area contributed by atoms with Crippen molar-refractivity contribution in [1.82, 2.24) is 0 Å². The molecule has 0 unspecified atom stereocenters. The van der Waals surface area contributed by atoms with Gasteiger partial charge in [0.15, 0.2) is 6.10 Å². The van der Waals surface area contributed by atoms with Crippen molar-refractivity contribution in [3.8, 4) is 0 Å². The van der Waals surface area contributed by atoms with Gasteiger partial charge >= 0.3 is 19.8 Å². The van der Waals surface area contributed by atoms with Crippen LogP contribution in [0.2, 0.25) is 0 Å². The summed E-state index contributed by atoms with van der Waals surface area (Å²) in [6, 6.07) is 0. The van der Waals surface area contributed by atoms with Gasteiger partial charge in [-0.1, -0.05) is 139 Å². The normalized spacial score (nSPS) is 13.1. The van der Waals surface area contributed by atoms with E-state index in [1.54, 1.807) is 0 Å². The molecule has 0 amide bonds. The predicted octanol–water partition coefficient (Wildman–Crippen LogP) is 11.7. The molecule has 0 aliphatic carbocycles. The number of rotatable bonds is 35. The van der Waals surface area contributed by atoms with E-state index in [0.717, 1.165) is 83.5 Å². The number of ether oxygens (including phenoxy) is 2. The lowest BCUT2D eigenvalue weighted by Gasteiger charge is -2.18. The third-order valence-corrected chi connectivity index (χ3v) is 8.51. The Kier molecular flexibility index (Phi) is 34.9. The summed E-state index contributed by atoms with van der Waals surface area (Å²) in [6.45, 7) is 3.51. The molecule has 0 saturated heterocycles. The Balaban J connectivity index is 3.99. The zero-order valence-electron chi connectivity index (χ0n) is 31.5. The number of carbonyl (C=O) groups excluding carboxylic acids is 2. The van der Waals surface area contributed by atoms with Gasteiger partial charge in [0.1, 0.15) is 6.61 Å². The maximum absolute atomic E-state index is 12.4. The number of esters is 2. The van der Waals surface area contributed by atoms with Crippen molar-refractivity contribution in [1.29, 1.82) is 0 Å². The van der Waals surface area contributed by atoms with Gasteiger partial charge in [-0.2, -0.15) is 0 Å². The van der Waals surface area contributed by atoms with Crippen molar-refractivity contribution in [2.24, 2.45) is 0 Å². The summed E-state index contributed by atoms with van der Waals surface area (Å²) in [5.74, 6) is -0.918. The van der Waals surface area contributed by atoms with Crippen LogP contribution < -0.4 is 0 Å². The second-order valence-corrected chi connectivity index (χ2v) is 14.1. The molecular formula is C41H71O8P. The Hall–Kier alpha value is -2.25. The lowest BCUT2D eigenvalue weighted by Crippen LogP contribution is -2.29. The van der Waals surface area contributed by atoms with Gasteiger partial charge in [-0.3, -0.25) is 14.1 Å². The van der Waals surface area contributed by atoms with Crippen LogP contribution in [0, 0.1) is 0 Å². The fourth-order valence-corrected chi connectivity index (χ4v) is 5.48. The van der Waals surface area contributed by atoms with Crippen molar-refractivity contribution in [2.75, 3.05) is 13.2 Å². The molecule has 0 bridgehead atoms. The Morgan fingerprint density at radius 1 is 0.540 bits per heavy atom. The zero-order valence-corrected chi connectivity index (χ0v) is 32.4. The molecule has 0 aromatic rings. The van der Waals surface area contributed by atoms with Crippen molar-refractivity contribution < 1.29 is 37.9 Å². The van der Waals surface area contributed by atoms with Crippen LogP contribution in [0.5, 0.6) is 0 Å². The summed E-state index contributed by atoms with van der Waals surface area (Å²) in [5, 5.41) is 0. The van der Waals surface area contributed by atoms with Crippen molar-refractivity contribution in [3.63, 3.8) is 0 Å². The first-order chi connectivity index (χ1) is 24.3.